The van der Waals surface area contributed by atoms with Gasteiger partial charge < -0.3 is 5.32 Å². The number of thioether (sulfide) groups is 1. The van der Waals surface area contributed by atoms with Crippen LogP contribution in [0.15, 0.2) is 54.6 Å². The van der Waals surface area contributed by atoms with Crippen molar-refractivity contribution < 1.29 is 9.18 Å². The van der Waals surface area contributed by atoms with E-state index in [4.69, 9.17) is 0 Å². The predicted molar refractivity (Wildman–Crippen MR) is 73.2 cm³/mol. The quantitative estimate of drug-likeness (QED) is 0.893. The molecule has 0 aliphatic rings. The van der Waals surface area contributed by atoms with Crippen LogP contribution < -0.4 is 5.32 Å². The lowest BCUT2D eigenvalue weighted by Crippen LogP contribution is -2.06. The zero-order valence-corrected chi connectivity index (χ0v) is 10.4. The van der Waals surface area contributed by atoms with Gasteiger partial charge in [-0.15, -0.1) is 0 Å². The largest absolute Gasteiger partial charge is 0.314 e. The van der Waals surface area contributed by atoms with Crippen molar-refractivity contribution in [1.29, 1.82) is 0 Å². The minimum atomic E-state index is -0.425. The number of benzene rings is 2. The second-order valence-electron chi connectivity index (χ2n) is 3.67. The van der Waals surface area contributed by atoms with E-state index in [2.05, 4.69) is 5.32 Å². The molecule has 18 heavy (non-hydrogen) atoms. The Balaban J connectivity index is 1.88. The predicted octanol–water partition coefficient (Wildman–Crippen LogP) is 4.29. The van der Waals surface area contributed by atoms with E-state index in [1.165, 1.54) is 12.1 Å². The average molecular weight is 261 g/mol. The van der Waals surface area contributed by atoms with Gasteiger partial charge in [0, 0.05) is 5.75 Å². The second-order valence-corrected chi connectivity index (χ2v) is 4.61. The van der Waals surface area contributed by atoms with Crippen LogP contribution in [0.1, 0.15) is 5.56 Å². The summed E-state index contributed by atoms with van der Waals surface area (Å²) in [5.41, 5.74) is 1.27. The standard InChI is InChI=1S/C14H12FNOS/c15-12-8-4-5-9-13(12)16-14(17)18-10-11-6-2-1-3-7-11/h1-9H,10H2,(H,16,17). The molecule has 4 heteroatoms. The van der Waals surface area contributed by atoms with Gasteiger partial charge in [-0.1, -0.05) is 54.2 Å². The highest BCUT2D eigenvalue weighted by molar-refractivity contribution is 8.13. The van der Waals surface area contributed by atoms with Crippen molar-refractivity contribution in [2.45, 2.75) is 5.75 Å². The van der Waals surface area contributed by atoms with Crippen molar-refractivity contribution in [3.05, 3.63) is 66.0 Å². The highest BCUT2D eigenvalue weighted by Gasteiger charge is 2.06. The summed E-state index contributed by atoms with van der Waals surface area (Å²) >= 11 is 1.12. The summed E-state index contributed by atoms with van der Waals surface area (Å²) in [5, 5.41) is 2.27. The van der Waals surface area contributed by atoms with Crippen molar-refractivity contribution in [1.82, 2.24) is 0 Å². The molecule has 0 unspecified atom stereocenters. The minimum absolute atomic E-state index is 0.211. The van der Waals surface area contributed by atoms with Gasteiger partial charge in [0.2, 0.25) is 0 Å². The average Bonchev–Trinajstić information content (AvgIpc) is 2.40. The topological polar surface area (TPSA) is 29.1 Å². The molecule has 0 spiro atoms. The Kier molecular flexibility index (Phi) is 4.36. The fourth-order valence-corrected chi connectivity index (χ4v) is 2.10. The van der Waals surface area contributed by atoms with Gasteiger partial charge in [0.1, 0.15) is 5.82 Å². The Morgan fingerprint density at radius 3 is 2.44 bits per heavy atom. The molecule has 0 heterocycles. The maximum Gasteiger partial charge on any atom is 0.283 e. The van der Waals surface area contributed by atoms with Crippen molar-refractivity contribution in [2.75, 3.05) is 5.32 Å². The van der Waals surface area contributed by atoms with Gasteiger partial charge in [-0.2, -0.15) is 0 Å². The normalized spacial score (nSPS) is 10.1. The van der Waals surface area contributed by atoms with Gasteiger partial charge in [-0.05, 0) is 17.7 Å². The van der Waals surface area contributed by atoms with Crippen LogP contribution in [0, 0.1) is 5.82 Å². The van der Waals surface area contributed by atoms with Crippen LogP contribution in [0.5, 0.6) is 0 Å². The zero-order valence-electron chi connectivity index (χ0n) is 9.60. The van der Waals surface area contributed by atoms with Gasteiger partial charge in [0.15, 0.2) is 0 Å². The molecule has 0 saturated heterocycles. The second kappa shape index (κ2) is 6.21. The molecule has 1 amide bonds. The van der Waals surface area contributed by atoms with E-state index in [1.807, 2.05) is 30.3 Å². The lowest BCUT2D eigenvalue weighted by Gasteiger charge is -2.05. The molecule has 2 aromatic rings. The van der Waals surface area contributed by atoms with Gasteiger partial charge in [-0.3, -0.25) is 4.79 Å². The van der Waals surface area contributed by atoms with Gasteiger partial charge in [0.05, 0.1) is 5.69 Å². The molecule has 2 nitrogen and oxygen atoms in total. The number of nitrogens with one attached hydrogen (secondary N) is 1. The molecule has 0 aliphatic heterocycles. The van der Waals surface area contributed by atoms with Crippen molar-refractivity contribution >= 4 is 22.7 Å². The Morgan fingerprint density at radius 1 is 1.06 bits per heavy atom. The monoisotopic (exact) mass is 261 g/mol. The number of amides is 1. The molecular weight excluding hydrogens is 249 g/mol. The molecule has 92 valence electrons. The number of anilines is 1. The number of para-hydroxylation sites is 1. The highest BCUT2D eigenvalue weighted by atomic mass is 32.2. The molecule has 0 aliphatic carbocycles. The summed E-state index contributed by atoms with van der Waals surface area (Å²) in [6.45, 7) is 0. The lowest BCUT2D eigenvalue weighted by atomic mass is 10.2. The van der Waals surface area contributed by atoms with E-state index in [0.29, 0.717) is 5.75 Å². The van der Waals surface area contributed by atoms with E-state index in [-0.39, 0.29) is 10.9 Å². The summed E-state index contributed by atoms with van der Waals surface area (Å²) in [6, 6.07) is 15.8. The molecular formula is C14H12FNOS. The van der Waals surface area contributed by atoms with Crippen LogP contribution in [0.2, 0.25) is 0 Å². The minimum Gasteiger partial charge on any atom is -0.314 e. The highest BCUT2D eigenvalue weighted by Crippen LogP contribution is 2.18. The summed E-state index contributed by atoms with van der Waals surface area (Å²) in [5.74, 6) is 0.146. The lowest BCUT2D eigenvalue weighted by molar-refractivity contribution is 0.269. The van der Waals surface area contributed by atoms with Crippen molar-refractivity contribution in [3.63, 3.8) is 0 Å². The third-order valence-electron chi connectivity index (χ3n) is 2.32. The first-order valence-corrected chi connectivity index (χ1v) is 6.46. The van der Waals surface area contributed by atoms with Gasteiger partial charge >= 0.3 is 0 Å². The van der Waals surface area contributed by atoms with Crippen LogP contribution in [0.3, 0.4) is 0 Å². The first-order chi connectivity index (χ1) is 8.75. The van der Waals surface area contributed by atoms with Gasteiger partial charge in [-0.25, -0.2) is 4.39 Å². The molecule has 2 rings (SSSR count). The molecule has 0 bridgehead atoms. The fraction of sp³-hybridized carbons (Fsp3) is 0.0714. The summed E-state index contributed by atoms with van der Waals surface area (Å²) < 4.78 is 13.3. The molecule has 2 aromatic carbocycles. The number of hydrogen-bond donors (Lipinski definition) is 1. The smallest absolute Gasteiger partial charge is 0.283 e. The maximum absolute atomic E-state index is 13.3. The number of halogens is 1. The number of carbonyl (C=O) groups excluding carboxylic acids is 1. The molecule has 0 radical (unpaired) electrons. The van der Waals surface area contributed by atoms with Crippen LogP contribution in [0.25, 0.3) is 0 Å². The summed E-state index contributed by atoms with van der Waals surface area (Å²) in [6.07, 6.45) is 0. The van der Waals surface area contributed by atoms with Crippen molar-refractivity contribution in [2.24, 2.45) is 0 Å². The summed E-state index contributed by atoms with van der Waals surface area (Å²) in [4.78, 5) is 11.6. The fourth-order valence-electron chi connectivity index (χ4n) is 1.43. The van der Waals surface area contributed by atoms with E-state index in [9.17, 15) is 9.18 Å². The maximum atomic E-state index is 13.3. The van der Waals surface area contributed by atoms with Crippen LogP contribution in [-0.2, 0) is 5.75 Å². The molecule has 1 N–H and O–H groups in total. The Bertz CT molecular complexity index is 530. The van der Waals surface area contributed by atoms with E-state index in [0.717, 1.165) is 17.3 Å². The number of carbonyl (C=O) groups is 1. The zero-order chi connectivity index (χ0) is 12.8. The Hall–Kier alpha value is -1.81. The third-order valence-corrected chi connectivity index (χ3v) is 3.17. The SMILES string of the molecule is O=C(Nc1ccccc1F)SCc1ccccc1. The Labute approximate surface area is 109 Å². The third kappa shape index (κ3) is 3.60. The first kappa shape index (κ1) is 12.6. The van der Waals surface area contributed by atoms with E-state index < -0.39 is 5.82 Å². The summed E-state index contributed by atoms with van der Waals surface area (Å²) in [7, 11) is 0. The van der Waals surface area contributed by atoms with Crippen molar-refractivity contribution in [3.8, 4) is 0 Å². The van der Waals surface area contributed by atoms with Crippen LogP contribution in [0.4, 0.5) is 14.9 Å². The van der Waals surface area contributed by atoms with Gasteiger partial charge in [0.25, 0.3) is 5.24 Å². The Morgan fingerprint density at radius 2 is 1.72 bits per heavy atom. The molecule has 0 saturated carbocycles. The van der Waals surface area contributed by atoms with Crippen LogP contribution >= 0.6 is 11.8 Å². The first-order valence-electron chi connectivity index (χ1n) is 5.48. The van der Waals surface area contributed by atoms with Crippen LogP contribution in [-0.4, -0.2) is 5.24 Å². The molecule has 0 aromatic heterocycles. The molecule has 0 fully saturated rings. The van der Waals surface area contributed by atoms with E-state index >= 15 is 0 Å². The number of hydrogen-bond acceptors (Lipinski definition) is 2. The van der Waals surface area contributed by atoms with E-state index in [1.54, 1.807) is 12.1 Å². The molecule has 0 atom stereocenters. The number of rotatable bonds is 3.